The highest BCUT2D eigenvalue weighted by molar-refractivity contribution is 7.98. The van der Waals surface area contributed by atoms with Crippen LogP contribution in [0.1, 0.15) is 35.2 Å². The first kappa shape index (κ1) is 18.6. The molecule has 0 spiro atoms. The van der Waals surface area contributed by atoms with Crippen molar-refractivity contribution in [1.82, 2.24) is 20.6 Å². The van der Waals surface area contributed by atoms with E-state index in [4.69, 9.17) is 0 Å². The predicted molar refractivity (Wildman–Crippen MR) is 110 cm³/mol. The third-order valence-electron chi connectivity index (χ3n) is 4.80. The minimum Gasteiger partial charge on any atom is -0.354 e. The van der Waals surface area contributed by atoms with Crippen LogP contribution in [0, 0.1) is 0 Å². The number of benzene rings is 2. The Morgan fingerprint density at radius 3 is 2.79 bits per heavy atom. The minimum absolute atomic E-state index is 0.0929. The maximum absolute atomic E-state index is 12.4. The first-order valence-electron chi connectivity index (χ1n) is 9.44. The Kier molecular flexibility index (Phi) is 5.62. The number of hydrogen-bond donors (Lipinski definition) is 3. The minimum atomic E-state index is -0.446. The van der Waals surface area contributed by atoms with Crippen molar-refractivity contribution in [3.05, 3.63) is 59.7 Å². The summed E-state index contributed by atoms with van der Waals surface area (Å²) in [5, 5.41) is 6.56. The van der Waals surface area contributed by atoms with Crippen LogP contribution in [-0.2, 0) is 10.5 Å². The molecule has 1 unspecified atom stereocenters. The second kappa shape index (κ2) is 8.48. The van der Waals surface area contributed by atoms with Gasteiger partial charge in [-0.3, -0.25) is 9.59 Å². The van der Waals surface area contributed by atoms with E-state index >= 15 is 0 Å². The molecule has 144 valence electrons. The molecule has 3 N–H and O–H groups in total. The van der Waals surface area contributed by atoms with Gasteiger partial charge in [0, 0.05) is 17.9 Å². The van der Waals surface area contributed by atoms with Gasteiger partial charge in [0.1, 0.15) is 6.04 Å². The summed E-state index contributed by atoms with van der Waals surface area (Å²) in [5.41, 5.74) is 3.66. The average molecular weight is 395 g/mol. The predicted octanol–water partition coefficient (Wildman–Crippen LogP) is 3.25. The van der Waals surface area contributed by atoms with Crippen molar-refractivity contribution in [3.8, 4) is 0 Å². The van der Waals surface area contributed by atoms with Crippen molar-refractivity contribution in [2.45, 2.75) is 36.2 Å². The van der Waals surface area contributed by atoms with E-state index in [2.05, 4.69) is 20.6 Å². The van der Waals surface area contributed by atoms with Crippen molar-refractivity contribution in [2.75, 3.05) is 6.54 Å². The molecule has 2 heterocycles. The summed E-state index contributed by atoms with van der Waals surface area (Å²) in [5.74, 6) is 0.454. The van der Waals surface area contributed by atoms with Crippen molar-refractivity contribution in [1.29, 1.82) is 0 Å². The van der Waals surface area contributed by atoms with Gasteiger partial charge in [-0.15, -0.1) is 0 Å². The number of amides is 2. The second-order valence-corrected chi connectivity index (χ2v) is 7.82. The number of carbonyl (C=O) groups is 2. The molecular formula is C21H22N4O2S. The van der Waals surface area contributed by atoms with E-state index in [9.17, 15) is 9.59 Å². The van der Waals surface area contributed by atoms with Crippen LogP contribution in [0.5, 0.6) is 0 Å². The molecule has 2 amide bonds. The third kappa shape index (κ3) is 4.36. The smallest absolute Gasteiger partial charge is 0.251 e. The third-order valence-corrected chi connectivity index (χ3v) is 5.74. The number of carbonyl (C=O) groups excluding carboxylic acids is 2. The average Bonchev–Trinajstić information content (AvgIpc) is 3.03. The molecule has 0 radical (unpaired) electrons. The number of H-pyrrole nitrogens is 1. The van der Waals surface area contributed by atoms with Gasteiger partial charge >= 0.3 is 0 Å². The monoisotopic (exact) mass is 394 g/mol. The molecule has 1 atom stereocenters. The zero-order valence-electron chi connectivity index (χ0n) is 15.4. The van der Waals surface area contributed by atoms with Gasteiger partial charge < -0.3 is 15.6 Å². The maximum atomic E-state index is 12.4. The molecule has 0 bridgehead atoms. The van der Waals surface area contributed by atoms with Crippen LogP contribution in [-0.4, -0.2) is 34.4 Å². The van der Waals surface area contributed by atoms with Gasteiger partial charge in [0.15, 0.2) is 5.16 Å². The number of hydrogen-bond acceptors (Lipinski definition) is 4. The molecule has 1 aliphatic heterocycles. The second-order valence-electron chi connectivity index (χ2n) is 6.86. The van der Waals surface area contributed by atoms with Gasteiger partial charge in [-0.05, 0) is 49.1 Å². The number of fused-ring (bicyclic) bond motifs is 1. The Morgan fingerprint density at radius 2 is 1.96 bits per heavy atom. The van der Waals surface area contributed by atoms with E-state index in [1.54, 1.807) is 23.9 Å². The molecule has 3 aromatic rings. The number of rotatable bonds is 5. The fourth-order valence-corrected chi connectivity index (χ4v) is 4.06. The first-order chi connectivity index (χ1) is 13.7. The first-order valence-corrected chi connectivity index (χ1v) is 10.4. The summed E-state index contributed by atoms with van der Waals surface area (Å²) in [7, 11) is 0. The molecule has 6 nitrogen and oxygen atoms in total. The largest absolute Gasteiger partial charge is 0.354 e. The Morgan fingerprint density at radius 1 is 1.14 bits per heavy atom. The lowest BCUT2D eigenvalue weighted by Gasteiger charge is -2.15. The quantitative estimate of drug-likeness (QED) is 0.580. The number of para-hydroxylation sites is 2. The zero-order valence-corrected chi connectivity index (χ0v) is 16.2. The highest BCUT2D eigenvalue weighted by Gasteiger charge is 2.22. The Bertz CT molecular complexity index is 950. The summed E-state index contributed by atoms with van der Waals surface area (Å²) < 4.78 is 0. The van der Waals surface area contributed by atoms with Crippen LogP contribution in [0.15, 0.2) is 53.7 Å². The molecule has 1 saturated heterocycles. The van der Waals surface area contributed by atoms with Gasteiger partial charge in [0.2, 0.25) is 5.91 Å². The molecule has 2 aromatic carbocycles. The van der Waals surface area contributed by atoms with Crippen LogP contribution >= 0.6 is 11.8 Å². The highest BCUT2D eigenvalue weighted by atomic mass is 32.2. The fraction of sp³-hybridized carbons (Fsp3) is 0.286. The lowest BCUT2D eigenvalue weighted by Crippen LogP contribution is -2.45. The highest BCUT2D eigenvalue weighted by Crippen LogP contribution is 2.23. The number of aromatic amines is 1. The Labute approximate surface area is 167 Å². The molecule has 1 aromatic heterocycles. The molecule has 28 heavy (non-hydrogen) atoms. The maximum Gasteiger partial charge on any atom is 0.251 e. The summed E-state index contributed by atoms with van der Waals surface area (Å²) in [4.78, 5) is 32.3. The fourth-order valence-electron chi connectivity index (χ4n) is 3.22. The van der Waals surface area contributed by atoms with Gasteiger partial charge in [-0.2, -0.15) is 0 Å². The van der Waals surface area contributed by atoms with Crippen molar-refractivity contribution < 1.29 is 9.59 Å². The van der Waals surface area contributed by atoms with Crippen LogP contribution in [0.2, 0.25) is 0 Å². The number of thioether (sulfide) groups is 1. The number of nitrogens with one attached hydrogen (secondary N) is 3. The Hall–Kier alpha value is -2.80. The van der Waals surface area contributed by atoms with Crippen molar-refractivity contribution >= 4 is 34.6 Å². The molecule has 0 aliphatic carbocycles. The molecular weight excluding hydrogens is 372 g/mol. The zero-order chi connectivity index (χ0) is 19.3. The molecule has 7 heteroatoms. The summed E-state index contributed by atoms with van der Waals surface area (Å²) >= 11 is 1.62. The van der Waals surface area contributed by atoms with Gasteiger partial charge in [0.05, 0.1) is 11.0 Å². The number of imidazole rings is 1. The molecule has 1 fully saturated rings. The van der Waals surface area contributed by atoms with Crippen molar-refractivity contribution in [3.63, 3.8) is 0 Å². The topological polar surface area (TPSA) is 86.9 Å². The van der Waals surface area contributed by atoms with Crippen LogP contribution in [0.25, 0.3) is 11.0 Å². The lowest BCUT2D eigenvalue weighted by molar-refractivity contribution is -0.122. The van der Waals surface area contributed by atoms with Gasteiger partial charge in [-0.25, -0.2) is 4.98 Å². The van der Waals surface area contributed by atoms with E-state index in [-0.39, 0.29) is 11.8 Å². The number of aromatic nitrogens is 2. The lowest BCUT2D eigenvalue weighted by atomic mass is 10.1. The van der Waals surface area contributed by atoms with E-state index in [1.165, 1.54) is 0 Å². The molecule has 0 saturated carbocycles. The van der Waals surface area contributed by atoms with Gasteiger partial charge in [0.25, 0.3) is 5.91 Å². The summed E-state index contributed by atoms with van der Waals surface area (Å²) in [6.07, 6.45) is 2.57. The number of nitrogens with zero attached hydrogens (tertiary/aromatic N) is 1. The standard InChI is InChI=1S/C21H22N4O2S/c26-19(23-18-7-3-4-12-22-20(18)27)15-10-8-14(9-11-15)13-28-21-24-16-5-1-2-6-17(16)25-21/h1-2,5-6,8-11,18H,3-4,7,12-13H2,(H,22,27)(H,23,26)(H,24,25). The van der Waals surface area contributed by atoms with Crippen LogP contribution < -0.4 is 10.6 Å². The summed E-state index contributed by atoms with van der Waals surface area (Å²) in [6.45, 7) is 0.683. The van der Waals surface area contributed by atoms with Crippen molar-refractivity contribution in [2.24, 2.45) is 0 Å². The normalized spacial score (nSPS) is 17.1. The van der Waals surface area contributed by atoms with E-state index in [1.807, 2.05) is 36.4 Å². The van der Waals surface area contributed by atoms with Crippen LogP contribution in [0.3, 0.4) is 0 Å². The van der Waals surface area contributed by atoms with E-state index in [0.717, 1.165) is 40.3 Å². The molecule has 1 aliphatic rings. The van der Waals surface area contributed by atoms with Crippen LogP contribution in [0.4, 0.5) is 0 Å². The van der Waals surface area contributed by atoms with E-state index in [0.29, 0.717) is 18.5 Å². The van der Waals surface area contributed by atoms with Gasteiger partial charge in [-0.1, -0.05) is 36.0 Å². The summed E-state index contributed by atoms with van der Waals surface area (Å²) in [6, 6.07) is 15.0. The molecule has 4 rings (SSSR count). The SMILES string of the molecule is O=C(NC1CCCCNC1=O)c1ccc(CSc2nc3ccccc3[nH]2)cc1. The van der Waals surface area contributed by atoms with E-state index < -0.39 is 6.04 Å². The Balaban J connectivity index is 1.35.